The molecule has 7 heteroatoms. The number of ether oxygens (including phenoxy) is 1. The van der Waals surface area contributed by atoms with Crippen LogP contribution in [0.1, 0.15) is 24.8 Å². The Morgan fingerprint density at radius 1 is 0.966 bits per heavy atom. The van der Waals surface area contributed by atoms with Crippen molar-refractivity contribution in [3.63, 3.8) is 0 Å². The van der Waals surface area contributed by atoms with Crippen LogP contribution in [0.5, 0.6) is 11.5 Å². The average Bonchev–Trinajstić information content (AvgIpc) is 3.17. The quantitative estimate of drug-likeness (QED) is 0.811. The molecule has 4 rings (SSSR count). The lowest BCUT2D eigenvalue weighted by molar-refractivity contribution is 0.132. The van der Waals surface area contributed by atoms with Gasteiger partial charge in [0.05, 0.1) is 11.0 Å². The molecule has 2 aliphatic heterocycles. The summed E-state index contributed by atoms with van der Waals surface area (Å²) in [4.78, 5) is 2.59. The predicted molar refractivity (Wildman–Crippen MR) is 112 cm³/mol. The van der Waals surface area contributed by atoms with Gasteiger partial charge in [-0.25, -0.2) is 8.42 Å². The molecule has 0 amide bonds. The molecular formula is C22H28N2O4S. The van der Waals surface area contributed by atoms with Crippen molar-refractivity contribution in [3.05, 3.63) is 54.1 Å². The number of piperidine rings is 1. The topological polar surface area (TPSA) is 70.1 Å². The molecule has 0 aliphatic carbocycles. The Morgan fingerprint density at radius 3 is 2.28 bits per heavy atom. The average molecular weight is 417 g/mol. The highest BCUT2D eigenvalue weighted by Gasteiger charge is 2.34. The third kappa shape index (κ3) is 4.48. The Balaban J connectivity index is 1.39. The van der Waals surface area contributed by atoms with Gasteiger partial charge in [0.15, 0.2) is 0 Å². The highest BCUT2D eigenvalue weighted by Crippen LogP contribution is 2.28. The van der Waals surface area contributed by atoms with Gasteiger partial charge in [0.2, 0.25) is 10.0 Å². The fraction of sp³-hybridized carbons (Fsp3) is 0.455. The number of likely N-dealkylation sites (tertiary alicyclic amines) is 1. The third-order valence-electron chi connectivity index (χ3n) is 5.92. The highest BCUT2D eigenvalue weighted by molar-refractivity contribution is 7.89. The third-order valence-corrected chi connectivity index (χ3v) is 7.83. The molecule has 2 saturated heterocycles. The molecule has 6 nitrogen and oxygen atoms in total. The first-order valence-electron chi connectivity index (χ1n) is 10.2. The molecule has 0 aromatic heterocycles. The Hall–Kier alpha value is -1.93. The summed E-state index contributed by atoms with van der Waals surface area (Å²) in [6, 6.07) is 14.7. The number of hydrogen-bond donors (Lipinski definition) is 1. The summed E-state index contributed by atoms with van der Waals surface area (Å²) in [6.45, 7) is 4.61. The Morgan fingerprint density at radius 2 is 1.66 bits per heavy atom. The number of aliphatic hydroxyl groups excluding tert-OH is 1. The van der Waals surface area contributed by atoms with Crippen LogP contribution in [0, 0.1) is 6.92 Å². The Kier molecular flexibility index (Phi) is 5.92. The summed E-state index contributed by atoms with van der Waals surface area (Å²) in [5, 5.41) is 9.73. The zero-order valence-electron chi connectivity index (χ0n) is 16.7. The monoisotopic (exact) mass is 416 g/mol. The van der Waals surface area contributed by atoms with Crippen molar-refractivity contribution in [2.45, 2.75) is 43.2 Å². The van der Waals surface area contributed by atoms with Gasteiger partial charge >= 0.3 is 0 Å². The molecule has 0 spiro atoms. The number of rotatable bonds is 5. The second-order valence-corrected chi connectivity index (χ2v) is 9.85. The minimum Gasteiger partial charge on any atom is -0.457 e. The zero-order valence-corrected chi connectivity index (χ0v) is 17.5. The molecule has 29 heavy (non-hydrogen) atoms. The van der Waals surface area contributed by atoms with Gasteiger partial charge in [0, 0.05) is 32.2 Å². The molecule has 2 fully saturated rings. The van der Waals surface area contributed by atoms with Gasteiger partial charge in [-0.1, -0.05) is 18.2 Å². The van der Waals surface area contributed by atoms with Crippen LogP contribution in [-0.2, 0) is 10.0 Å². The lowest BCUT2D eigenvalue weighted by atomic mass is 10.1. The van der Waals surface area contributed by atoms with Gasteiger partial charge < -0.3 is 9.84 Å². The summed E-state index contributed by atoms with van der Waals surface area (Å²) in [7, 11) is -3.51. The summed E-state index contributed by atoms with van der Waals surface area (Å²) in [6.07, 6.45) is 2.19. The number of β-amino-alcohol motifs (C(OH)–C–C–N with tert-alkyl or cyclic N) is 1. The maximum Gasteiger partial charge on any atom is 0.243 e. The van der Waals surface area contributed by atoms with Crippen LogP contribution in [0.25, 0.3) is 0 Å². The van der Waals surface area contributed by atoms with Crippen LogP contribution in [0.2, 0.25) is 0 Å². The van der Waals surface area contributed by atoms with E-state index in [0.29, 0.717) is 36.3 Å². The van der Waals surface area contributed by atoms with Gasteiger partial charge in [-0.3, -0.25) is 4.90 Å². The van der Waals surface area contributed by atoms with E-state index in [1.54, 1.807) is 28.6 Å². The SMILES string of the molecule is Cc1ccccc1Oc1ccc(S(=O)(=O)N2CCC(N3CC[C@@H](O)C3)CC2)cc1. The number of sulfonamides is 1. The fourth-order valence-corrected chi connectivity index (χ4v) is 5.64. The standard InChI is InChI=1S/C22H28N2O4S/c1-17-4-2-3-5-22(17)28-20-6-8-21(9-7-20)29(26,27)24-14-10-18(11-15-24)23-13-12-19(25)16-23/h2-9,18-19,25H,10-16H2,1H3/t19-/m1/s1. The van der Waals surface area contributed by atoms with E-state index in [2.05, 4.69) is 4.90 Å². The second kappa shape index (κ2) is 8.44. The maximum atomic E-state index is 13.0. The first-order valence-corrected chi connectivity index (χ1v) is 11.6. The summed E-state index contributed by atoms with van der Waals surface area (Å²) < 4.78 is 33.5. The Bertz CT molecular complexity index is 938. The van der Waals surface area contributed by atoms with E-state index in [4.69, 9.17) is 4.74 Å². The molecule has 2 aromatic rings. The van der Waals surface area contributed by atoms with Gasteiger partial charge in [-0.2, -0.15) is 4.31 Å². The normalized spacial score (nSPS) is 22.1. The van der Waals surface area contributed by atoms with E-state index in [-0.39, 0.29) is 6.10 Å². The van der Waals surface area contributed by atoms with E-state index >= 15 is 0 Å². The summed E-state index contributed by atoms with van der Waals surface area (Å²) >= 11 is 0. The van der Waals surface area contributed by atoms with E-state index in [0.717, 1.165) is 37.1 Å². The van der Waals surface area contributed by atoms with Gasteiger partial charge in [-0.05, 0) is 62.1 Å². The van der Waals surface area contributed by atoms with Gasteiger partial charge in [-0.15, -0.1) is 0 Å². The van der Waals surface area contributed by atoms with Crippen molar-refractivity contribution >= 4 is 10.0 Å². The minimum atomic E-state index is -3.51. The van der Waals surface area contributed by atoms with Gasteiger partial charge in [0.1, 0.15) is 11.5 Å². The molecule has 0 saturated carbocycles. The molecule has 0 bridgehead atoms. The van der Waals surface area contributed by atoms with Crippen LogP contribution >= 0.6 is 0 Å². The number of nitrogens with zero attached hydrogens (tertiary/aromatic N) is 2. The molecule has 2 heterocycles. The van der Waals surface area contributed by atoms with E-state index in [1.807, 2.05) is 31.2 Å². The smallest absolute Gasteiger partial charge is 0.243 e. The van der Waals surface area contributed by atoms with Crippen LogP contribution in [0.3, 0.4) is 0 Å². The van der Waals surface area contributed by atoms with Crippen LogP contribution in [0.15, 0.2) is 53.4 Å². The summed E-state index contributed by atoms with van der Waals surface area (Å²) in [5.41, 5.74) is 1.03. The van der Waals surface area contributed by atoms with E-state index in [9.17, 15) is 13.5 Å². The van der Waals surface area contributed by atoms with Crippen molar-refractivity contribution < 1.29 is 18.3 Å². The van der Waals surface area contributed by atoms with E-state index < -0.39 is 10.0 Å². The number of para-hydroxylation sites is 1. The second-order valence-electron chi connectivity index (χ2n) is 7.91. The Labute approximate surface area is 172 Å². The lowest BCUT2D eigenvalue weighted by Crippen LogP contribution is -2.46. The largest absolute Gasteiger partial charge is 0.457 e. The van der Waals surface area contributed by atoms with Crippen molar-refractivity contribution in [1.82, 2.24) is 9.21 Å². The molecule has 1 atom stereocenters. The molecule has 0 unspecified atom stereocenters. The number of aryl methyl sites for hydroxylation is 1. The van der Waals surface area contributed by atoms with Crippen molar-refractivity contribution in [2.24, 2.45) is 0 Å². The first kappa shape index (κ1) is 20.3. The molecule has 156 valence electrons. The molecule has 2 aliphatic rings. The van der Waals surface area contributed by atoms with Gasteiger partial charge in [0.25, 0.3) is 0 Å². The number of aliphatic hydroxyl groups is 1. The lowest BCUT2D eigenvalue weighted by Gasteiger charge is -2.36. The zero-order chi connectivity index (χ0) is 20.4. The van der Waals surface area contributed by atoms with Crippen LogP contribution in [0.4, 0.5) is 0 Å². The van der Waals surface area contributed by atoms with E-state index in [1.165, 1.54) is 0 Å². The van der Waals surface area contributed by atoms with Crippen molar-refractivity contribution in [3.8, 4) is 11.5 Å². The molecule has 1 N–H and O–H groups in total. The summed E-state index contributed by atoms with van der Waals surface area (Å²) in [5.74, 6) is 1.38. The number of hydrogen-bond acceptors (Lipinski definition) is 5. The minimum absolute atomic E-state index is 0.239. The van der Waals surface area contributed by atoms with Crippen LogP contribution < -0.4 is 4.74 Å². The maximum absolute atomic E-state index is 13.0. The predicted octanol–water partition coefficient (Wildman–Crippen LogP) is 3.01. The molecule has 2 aromatic carbocycles. The number of benzene rings is 2. The fourth-order valence-electron chi connectivity index (χ4n) is 4.17. The first-order chi connectivity index (χ1) is 13.9. The van der Waals surface area contributed by atoms with Crippen molar-refractivity contribution in [2.75, 3.05) is 26.2 Å². The molecule has 0 radical (unpaired) electrons. The van der Waals surface area contributed by atoms with Crippen molar-refractivity contribution in [1.29, 1.82) is 0 Å². The van der Waals surface area contributed by atoms with Crippen LogP contribution in [-0.4, -0.2) is 61.1 Å². The molecular weight excluding hydrogens is 388 g/mol. The highest BCUT2D eigenvalue weighted by atomic mass is 32.2.